The van der Waals surface area contributed by atoms with Gasteiger partial charge in [-0.2, -0.15) is 0 Å². The second-order valence-electron chi connectivity index (χ2n) is 6.98. The van der Waals surface area contributed by atoms with E-state index in [0.29, 0.717) is 23.6 Å². The summed E-state index contributed by atoms with van der Waals surface area (Å²) >= 11 is 0. The van der Waals surface area contributed by atoms with Crippen LogP contribution in [0.2, 0.25) is 0 Å². The molecule has 0 atom stereocenters. The Morgan fingerprint density at radius 2 is 1.94 bits per heavy atom. The number of halogens is 1. The number of hydrogen-bond donors (Lipinski definition) is 1. The Bertz CT molecular complexity index is 1250. The first-order valence-corrected chi connectivity index (χ1v) is 9.74. The third-order valence-electron chi connectivity index (χ3n) is 4.52. The lowest BCUT2D eigenvalue weighted by molar-refractivity contribution is 0.0989. The van der Waals surface area contributed by atoms with Gasteiger partial charge in [0.05, 0.1) is 6.54 Å². The summed E-state index contributed by atoms with van der Waals surface area (Å²) in [5.74, 6) is 0.350. The molecule has 1 amide bonds. The molecule has 1 N–H and O–H groups in total. The van der Waals surface area contributed by atoms with E-state index in [2.05, 4.69) is 15.4 Å². The number of nitrogens with zero attached hydrogens (tertiary/aromatic N) is 3. The first-order valence-electron chi connectivity index (χ1n) is 9.74. The van der Waals surface area contributed by atoms with Gasteiger partial charge in [0, 0.05) is 5.56 Å². The Morgan fingerprint density at radius 3 is 2.69 bits per heavy atom. The monoisotopic (exact) mass is 434 g/mol. The average molecular weight is 434 g/mol. The Kier molecular flexibility index (Phi) is 6.07. The Morgan fingerprint density at radius 1 is 1.12 bits per heavy atom. The highest BCUT2D eigenvalue weighted by molar-refractivity contribution is 6.01. The largest absolute Gasteiger partial charge is 0.486 e. The van der Waals surface area contributed by atoms with Gasteiger partial charge in [-0.25, -0.2) is 14.1 Å². The van der Waals surface area contributed by atoms with Gasteiger partial charge in [-0.15, -0.1) is 5.10 Å². The van der Waals surface area contributed by atoms with Crippen LogP contribution in [-0.2, 0) is 13.2 Å². The van der Waals surface area contributed by atoms with Crippen molar-refractivity contribution in [2.45, 2.75) is 20.1 Å². The fourth-order valence-corrected chi connectivity index (χ4v) is 2.93. The number of rotatable bonds is 8. The van der Waals surface area contributed by atoms with Crippen molar-refractivity contribution in [3.8, 4) is 5.75 Å². The van der Waals surface area contributed by atoms with Crippen molar-refractivity contribution in [3.63, 3.8) is 0 Å². The minimum atomic E-state index is -0.509. The summed E-state index contributed by atoms with van der Waals surface area (Å²) in [7, 11) is 0. The van der Waals surface area contributed by atoms with Crippen LogP contribution in [0.25, 0.3) is 0 Å². The molecule has 0 radical (unpaired) electrons. The molecular weight excluding hydrogens is 415 g/mol. The zero-order valence-electron chi connectivity index (χ0n) is 17.1. The van der Waals surface area contributed by atoms with Crippen LogP contribution in [0, 0.1) is 5.82 Å². The molecule has 0 aliphatic heterocycles. The second-order valence-corrected chi connectivity index (χ2v) is 6.98. The molecule has 0 bridgehead atoms. The van der Waals surface area contributed by atoms with Crippen molar-refractivity contribution >= 4 is 17.6 Å². The van der Waals surface area contributed by atoms with Gasteiger partial charge < -0.3 is 9.15 Å². The van der Waals surface area contributed by atoms with E-state index < -0.39 is 5.91 Å². The number of amides is 1. The number of anilines is 1. The van der Waals surface area contributed by atoms with Gasteiger partial charge in [0.15, 0.2) is 11.5 Å². The number of furan rings is 1. The number of benzene rings is 2. The molecule has 0 aliphatic rings. The van der Waals surface area contributed by atoms with Gasteiger partial charge in [-0.3, -0.25) is 14.9 Å². The number of nitrogens with one attached hydrogen (secondary N) is 1. The topological polar surface area (TPSA) is 99.2 Å². The Hall–Kier alpha value is -4.27. The molecule has 0 fully saturated rings. The predicted octanol–water partition coefficient (Wildman–Crippen LogP) is 4.09. The highest BCUT2D eigenvalue weighted by atomic mass is 19.1. The minimum Gasteiger partial charge on any atom is -0.486 e. The lowest BCUT2D eigenvalue weighted by Gasteiger charge is -2.04. The molecule has 0 saturated heterocycles. The molecule has 4 aromatic rings. The van der Waals surface area contributed by atoms with Crippen molar-refractivity contribution < 1.29 is 23.1 Å². The molecule has 8 nitrogen and oxygen atoms in total. The van der Waals surface area contributed by atoms with Crippen molar-refractivity contribution in [2.24, 2.45) is 0 Å². The van der Waals surface area contributed by atoms with Crippen molar-refractivity contribution in [3.05, 3.63) is 95.5 Å². The lowest BCUT2D eigenvalue weighted by atomic mass is 10.1. The van der Waals surface area contributed by atoms with Crippen LogP contribution in [-0.4, -0.2) is 26.5 Å². The van der Waals surface area contributed by atoms with E-state index >= 15 is 0 Å². The van der Waals surface area contributed by atoms with Crippen LogP contribution in [0.5, 0.6) is 5.75 Å². The van der Waals surface area contributed by atoms with Gasteiger partial charge in [0.2, 0.25) is 5.95 Å². The smallest absolute Gasteiger partial charge is 0.293 e. The standard InChI is InChI=1S/C23H19FN4O4/c1-15(29)17-5-7-19(8-6-17)31-13-20-9-10-21(32-20)22(30)26-23-25-14-28(27-23)12-16-3-2-4-18(24)11-16/h2-11,14H,12-13H2,1H3,(H,26,27,30). The fourth-order valence-electron chi connectivity index (χ4n) is 2.93. The van der Waals surface area contributed by atoms with Crippen LogP contribution in [0.3, 0.4) is 0 Å². The molecule has 0 saturated carbocycles. The number of carbonyl (C=O) groups is 2. The average Bonchev–Trinajstić information content (AvgIpc) is 3.42. The van der Waals surface area contributed by atoms with Gasteiger partial charge in [-0.1, -0.05) is 12.1 Å². The summed E-state index contributed by atoms with van der Waals surface area (Å²) in [5, 5.41) is 6.72. The predicted molar refractivity (Wildman–Crippen MR) is 113 cm³/mol. The SMILES string of the molecule is CC(=O)c1ccc(OCc2ccc(C(=O)Nc3ncn(Cc4cccc(F)c4)n3)o2)cc1. The van der Waals surface area contributed by atoms with Crippen LogP contribution >= 0.6 is 0 Å². The molecule has 2 aromatic carbocycles. The molecule has 0 aliphatic carbocycles. The highest BCUT2D eigenvalue weighted by Crippen LogP contribution is 2.16. The molecule has 0 spiro atoms. The van der Waals surface area contributed by atoms with E-state index in [4.69, 9.17) is 9.15 Å². The third-order valence-corrected chi connectivity index (χ3v) is 4.52. The normalized spacial score (nSPS) is 10.7. The van der Waals surface area contributed by atoms with Crippen LogP contribution in [0.4, 0.5) is 10.3 Å². The van der Waals surface area contributed by atoms with Gasteiger partial charge >= 0.3 is 0 Å². The number of carbonyl (C=O) groups excluding carboxylic acids is 2. The van der Waals surface area contributed by atoms with Gasteiger partial charge in [-0.05, 0) is 61.0 Å². The van der Waals surface area contributed by atoms with Gasteiger partial charge in [0.1, 0.15) is 30.3 Å². The summed E-state index contributed by atoms with van der Waals surface area (Å²) in [5.41, 5.74) is 1.32. The summed E-state index contributed by atoms with van der Waals surface area (Å²) in [4.78, 5) is 27.7. The van der Waals surface area contributed by atoms with Crippen LogP contribution in [0.1, 0.15) is 39.2 Å². The highest BCUT2D eigenvalue weighted by Gasteiger charge is 2.14. The van der Waals surface area contributed by atoms with Crippen LogP contribution in [0.15, 0.2) is 71.4 Å². The van der Waals surface area contributed by atoms with E-state index in [1.54, 1.807) is 42.5 Å². The number of ketones is 1. The number of Topliss-reactive ketones (excluding diaryl/α,β-unsaturated/α-hetero) is 1. The van der Waals surface area contributed by atoms with E-state index in [9.17, 15) is 14.0 Å². The van der Waals surface area contributed by atoms with E-state index in [0.717, 1.165) is 5.56 Å². The van der Waals surface area contributed by atoms with E-state index in [-0.39, 0.29) is 29.9 Å². The second kappa shape index (κ2) is 9.25. The molecule has 2 heterocycles. The molecular formula is C23H19FN4O4. The maximum absolute atomic E-state index is 13.3. The zero-order valence-corrected chi connectivity index (χ0v) is 17.1. The first-order chi connectivity index (χ1) is 15.5. The Balaban J connectivity index is 1.32. The molecule has 162 valence electrons. The quantitative estimate of drug-likeness (QED) is 0.419. The van der Waals surface area contributed by atoms with E-state index in [1.165, 1.54) is 36.1 Å². The number of hydrogen-bond acceptors (Lipinski definition) is 6. The summed E-state index contributed by atoms with van der Waals surface area (Å²) in [6, 6.07) is 16.1. The Labute approximate surface area is 182 Å². The van der Waals surface area contributed by atoms with Gasteiger partial charge in [0.25, 0.3) is 5.91 Å². The molecule has 32 heavy (non-hydrogen) atoms. The summed E-state index contributed by atoms with van der Waals surface area (Å²) < 4.78 is 25.9. The minimum absolute atomic E-state index is 0.0217. The zero-order chi connectivity index (χ0) is 22.5. The van der Waals surface area contributed by atoms with E-state index in [1.807, 2.05) is 0 Å². The maximum Gasteiger partial charge on any atom is 0.293 e. The molecule has 9 heteroatoms. The first kappa shape index (κ1) is 21.0. The molecule has 0 unspecified atom stereocenters. The van der Waals surface area contributed by atoms with Crippen molar-refractivity contribution in [2.75, 3.05) is 5.32 Å². The third kappa shape index (κ3) is 5.25. The fraction of sp³-hybridized carbons (Fsp3) is 0.130. The van der Waals surface area contributed by atoms with Crippen molar-refractivity contribution in [1.29, 1.82) is 0 Å². The van der Waals surface area contributed by atoms with Crippen molar-refractivity contribution in [1.82, 2.24) is 14.8 Å². The number of ether oxygens (including phenoxy) is 1. The number of aromatic nitrogens is 3. The maximum atomic E-state index is 13.3. The summed E-state index contributed by atoms with van der Waals surface area (Å²) in [6.45, 7) is 1.93. The molecule has 2 aromatic heterocycles. The lowest BCUT2D eigenvalue weighted by Crippen LogP contribution is -2.12. The molecule has 4 rings (SSSR count). The summed E-state index contributed by atoms with van der Waals surface area (Å²) in [6.07, 6.45) is 1.44. The van der Waals surface area contributed by atoms with Crippen LogP contribution < -0.4 is 10.1 Å².